The molecule has 1 aromatic rings. The molecule has 0 saturated carbocycles. The summed E-state index contributed by atoms with van der Waals surface area (Å²) < 4.78 is 11.5. The molecule has 6 nitrogen and oxygen atoms in total. The van der Waals surface area contributed by atoms with E-state index in [0.717, 1.165) is 19.4 Å². The van der Waals surface area contributed by atoms with E-state index < -0.39 is 4.92 Å². The van der Waals surface area contributed by atoms with Crippen LogP contribution in [0.2, 0.25) is 0 Å². The Kier molecular flexibility index (Phi) is 3.02. The Balaban J connectivity index is 1.84. The first-order valence-electron chi connectivity index (χ1n) is 6.44. The average Bonchev–Trinajstić information content (AvgIpc) is 2.83. The normalized spacial score (nSPS) is 26.4. The smallest absolute Gasteiger partial charge is 0.314 e. The second-order valence-electron chi connectivity index (χ2n) is 5.02. The van der Waals surface area contributed by atoms with Gasteiger partial charge in [0.25, 0.3) is 0 Å². The van der Waals surface area contributed by atoms with Gasteiger partial charge < -0.3 is 9.47 Å². The molecule has 2 heterocycles. The highest BCUT2D eigenvalue weighted by Gasteiger charge is 2.36. The van der Waals surface area contributed by atoms with Gasteiger partial charge in [-0.15, -0.1) is 0 Å². The van der Waals surface area contributed by atoms with Crippen molar-refractivity contribution in [1.29, 1.82) is 0 Å². The van der Waals surface area contributed by atoms with Crippen molar-refractivity contribution in [1.82, 2.24) is 4.90 Å². The lowest BCUT2D eigenvalue weighted by atomic mass is 10.1. The molecule has 0 spiro atoms. The molecule has 2 aliphatic heterocycles. The van der Waals surface area contributed by atoms with Gasteiger partial charge in [0.1, 0.15) is 12.7 Å². The maximum atomic E-state index is 10.9. The van der Waals surface area contributed by atoms with Crippen LogP contribution in [0.3, 0.4) is 0 Å². The average molecular weight is 264 g/mol. The Labute approximate surface area is 111 Å². The van der Waals surface area contributed by atoms with Crippen LogP contribution in [0.1, 0.15) is 12.8 Å². The fraction of sp³-hybridized carbons (Fsp3) is 0.538. The first kappa shape index (κ1) is 12.2. The van der Waals surface area contributed by atoms with Gasteiger partial charge in [0.05, 0.1) is 4.92 Å². The monoisotopic (exact) mass is 264 g/mol. The molecule has 3 rings (SSSR count). The molecule has 6 heteroatoms. The number of fused-ring (bicyclic) bond motifs is 1. The zero-order chi connectivity index (χ0) is 13.4. The number of ether oxygens (including phenoxy) is 2. The summed E-state index contributed by atoms with van der Waals surface area (Å²) in [6.07, 6.45) is 2.18. The highest BCUT2D eigenvalue weighted by molar-refractivity contribution is 5.56. The number of hydrogen-bond acceptors (Lipinski definition) is 5. The van der Waals surface area contributed by atoms with Crippen LogP contribution in [-0.4, -0.2) is 42.2 Å². The highest BCUT2D eigenvalue weighted by Crippen LogP contribution is 2.40. The molecule has 0 aromatic heterocycles. The maximum absolute atomic E-state index is 10.9. The van der Waals surface area contributed by atoms with E-state index in [1.807, 2.05) is 0 Å². The van der Waals surface area contributed by atoms with Crippen LogP contribution in [-0.2, 0) is 0 Å². The molecular weight excluding hydrogens is 248 g/mol. The summed E-state index contributed by atoms with van der Waals surface area (Å²) in [5.41, 5.74) is -0.0317. The minimum atomic E-state index is -0.440. The summed E-state index contributed by atoms with van der Waals surface area (Å²) in [4.78, 5) is 12.7. The third-order valence-electron chi connectivity index (χ3n) is 3.83. The van der Waals surface area contributed by atoms with Gasteiger partial charge in [-0.2, -0.15) is 0 Å². The predicted molar refractivity (Wildman–Crippen MR) is 68.7 cm³/mol. The fourth-order valence-electron chi connectivity index (χ4n) is 2.84. The van der Waals surface area contributed by atoms with Crippen molar-refractivity contribution in [2.45, 2.75) is 25.0 Å². The van der Waals surface area contributed by atoms with Gasteiger partial charge >= 0.3 is 5.69 Å². The maximum Gasteiger partial charge on any atom is 0.314 e. The number of benzene rings is 1. The standard InChI is InChI=1S/C13H16N2O4/c1-14-7-3-5-9(14)12-8-18-13-10(15(16)17)4-2-6-11(13)19-12/h2,4,6,9,12H,3,5,7-8H2,1H3/t9-,12-/m0/s1. The molecule has 0 aliphatic carbocycles. The molecule has 0 N–H and O–H groups in total. The molecule has 2 atom stereocenters. The summed E-state index contributed by atoms with van der Waals surface area (Å²) in [5.74, 6) is 0.732. The van der Waals surface area contributed by atoms with E-state index in [4.69, 9.17) is 9.47 Å². The Hall–Kier alpha value is -1.82. The van der Waals surface area contributed by atoms with Crippen LogP contribution in [0, 0.1) is 10.1 Å². The van der Waals surface area contributed by atoms with Crippen molar-refractivity contribution in [3.8, 4) is 11.5 Å². The third-order valence-corrected chi connectivity index (χ3v) is 3.83. The molecule has 102 valence electrons. The molecule has 1 fully saturated rings. The number of nitro groups is 1. The first-order valence-corrected chi connectivity index (χ1v) is 6.44. The van der Waals surface area contributed by atoms with Crippen LogP contribution < -0.4 is 9.47 Å². The van der Waals surface area contributed by atoms with Gasteiger partial charge in [-0.1, -0.05) is 6.07 Å². The summed E-state index contributed by atoms with van der Waals surface area (Å²) in [6.45, 7) is 1.43. The second-order valence-corrected chi connectivity index (χ2v) is 5.02. The molecule has 0 bridgehead atoms. The fourth-order valence-corrected chi connectivity index (χ4v) is 2.84. The minimum absolute atomic E-state index is 0.0317. The molecule has 0 radical (unpaired) electrons. The molecular formula is C13H16N2O4. The third kappa shape index (κ3) is 2.12. The lowest BCUT2D eigenvalue weighted by Gasteiger charge is -2.33. The lowest BCUT2D eigenvalue weighted by molar-refractivity contribution is -0.386. The van der Waals surface area contributed by atoms with Crippen molar-refractivity contribution in [2.75, 3.05) is 20.2 Å². The second kappa shape index (κ2) is 4.70. The summed E-state index contributed by atoms with van der Waals surface area (Å²) >= 11 is 0. The van der Waals surface area contributed by atoms with Gasteiger partial charge in [0, 0.05) is 12.1 Å². The van der Waals surface area contributed by atoms with Crippen LogP contribution in [0.25, 0.3) is 0 Å². The highest BCUT2D eigenvalue weighted by atomic mass is 16.6. The summed E-state index contributed by atoms with van der Waals surface area (Å²) in [6, 6.07) is 5.11. The van der Waals surface area contributed by atoms with E-state index in [0.29, 0.717) is 18.4 Å². The molecule has 19 heavy (non-hydrogen) atoms. The summed E-state index contributed by atoms with van der Waals surface area (Å²) in [7, 11) is 2.07. The van der Waals surface area contributed by atoms with Crippen molar-refractivity contribution in [3.63, 3.8) is 0 Å². The van der Waals surface area contributed by atoms with Crippen molar-refractivity contribution < 1.29 is 14.4 Å². The topological polar surface area (TPSA) is 64.8 Å². The van der Waals surface area contributed by atoms with E-state index in [9.17, 15) is 10.1 Å². The van der Waals surface area contributed by atoms with E-state index in [1.165, 1.54) is 6.07 Å². The largest absolute Gasteiger partial charge is 0.481 e. The number of likely N-dealkylation sites (N-methyl/N-ethyl adjacent to an activating group) is 1. The van der Waals surface area contributed by atoms with Gasteiger partial charge in [0.2, 0.25) is 5.75 Å². The number of nitro benzene ring substituents is 1. The lowest BCUT2D eigenvalue weighted by Crippen LogP contribution is -2.45. The predicted octanol–water partition coefficient (Wildman–Crippen LogP) is 1.83. The Bertz CT molecular complexity index is 505. The zero-order valence-electron chi connectivity index (χ0n) is 10.7. The van der Waals surface area contributed by atoms with Crippen molar-refractivity contribution >= 4 is 5.69 Å². The van der Waals surface area contributed by atoms with Crippen LogP contribution >= 0.6 is 0 Å². The van der Waals surface area contributed by atoms with Crippen molar-refractivity contribution in [3.05, 3.63) is 28.3 Å². The van der Waals surface area contributed by atoms with Crippen LogP contribution in [0.4, 0.5) is 5.69 Å². The first-order chi connectivity index (χ1) is 9.16. The van der Waals surface area contributed by atoms with Crippen LogP contribution in [0.15, 0.2) is 18.2 Å². The zero-order valence-corrected chi connectivity index (χ0v) is 10.7. The SMILES string of the molecule is CN1CCC[C@H]1[C@@H]1COc2c(cccc2[N+](=O)[O-])O1. The number of likely N-dealkylation sites (tertiary alicyclic amines) is 1. The molecule has 1 saturated heterocycles. The van der Waals surface area contributed by atoms with Gasteiger partial charge in [-0.25, -0.2) is 0 Å². The number of hydrogen-bond donors (Lipinski definition) is 0. The van der Waals surface area contributed by atoms with E-state index in [2.05, 4.69) is 11.9 Å². The van der Waals surface area contributed by atoms with Crippen molar-refractivity contribution in [2.24, 2.45) is 0 Å². The Morgan fingerprint density at radius 2 is 2.32 bits per heavy atom. The van der Waals surface area contributed by atoms with E-state index in [1.54, 1.807) is 12.1 Å². The molecule has 0 unspecified atom stereocenters. The number of para-hydroxylation sites is 1. The number of nitrogens with zero attached hydrogens (tertiary/aromatic N) is 2. The Morgan fingerprint density at radius 3 is 3.00 bits per heavy atom. The van der Waals surface area contributed by atoms with Gasteiger partial charge in [0.15, 0.2) is 5.75 Å². The quantitative estimate of drug-likeness (QED) is 0.602. The van der Waals surface area contributed by atoms with Gasteiger partial charge in [-0.05, 0) is 32.5 Å². The van der Waals surface area contributed by atoms with Gasteiger partial charge in [-0.3, -0.25) is 15.0 Å². The minimum Gasteiger partial charge on any atom is -0.481 e. The number of rotatable bonds is 2. The Morgan fingerprint density at radius 1 is 1.47 bits per heavy atom. The molecule has 0 amide bonds. The molecule has 1 aromatic carbocycles. The van der Waals surface area contributed by atoms with Crippen LogP contribution in [0.5, 0.6) is 11.5 Å². The van der Waals surface area contributed by atoms with E-state index >= 15 is 0 Å². The summed E-state index contributed by atoms with van der Waals surface area (Å²) in [5, 5.41) is 10.9. The molecule has 2 aliphatic rings. The van der Waals surface area contributed by atoms with E-state index in [-0.39, 0.29) is 17.5 Å².